The number of amides is 2. The first-order valence-corrected chi connectivity index (χ1v) is 9.65. The topological polar surface area (TPSA) is 85.9 Å². The summed E-state index contributed by atoms with van der Waals surface area (Å²) < 4.78 is 16.4. The first-order valence-electron chi connectivity index (χ1n) is 9.65. The van der Waals surface area contributed by atoms with Gasteiger partial charge in [0.1, 0.15) is 6.10 Å². The molecule has 1 unspecified atom stereocenters. The molecule has 0 bridgehead atoms. The summed E-state index contributed by atoms with van der Waals surface area (Å²) in [6, 6.07) is 9.36. The van der Waals surface area contributed by atoms with Gasteiger partial charge in [-0.1, -0.05) is 42.5 Å². The Labute approximate surface area is 165 Å². The Kier molecular flexibility index (Phi) is 7.19. The van der Waals surface area contributed by atoms with Gasteiger partial charge >= 0.3 is 0 Å². The molecule has 0 aromatic heterocycles. The van der Waals surface area contributed by atoms with E-state index in [1.807, 2.05) is 42.5 Å². The summed E-state index contributed by atoms with van der Waals surface area (Å²) >= 11 is 0. The first kappa shape index (κ1) is 20.5. The van der Waals surface area contributed by atoms with Crippen molar-refractivity contribution in [2.45, 2.75) is 37.0 Å². The number of carbonyl (C=O) groups excluding carboxylic acids is 2. The van der Waals surface area contributed by atoms with E-state index in [9.17, 15) is 9.59 Å². The molecule has 152 valence electrons. The van der Waals surface area contributed by atoms with E-state index in [1.165, 1.54) is 7.11 Å². The van der Waals surface area contributed by atoms with Gasteiger partial charge in [-0.15, -0.1) is 0 Å². The third-order valence-corrected chi connectivity index (χ3v) is 5.22. The van der Waals surface area contributed by atoms with Crippen LogP contribution < -0.4 is 10.6 Å². The van der Waals surface area contributed by atoms with Crippen molar-refractivity contribution in [3.05, 3.63) is 48.0 Å². The molecule has 2 aliphatic heterocycles. The lowest BCUT2D eigenvalue weighted by molar-refractivity contribution is -0.137. The lowest BCUT2D eigenvalue weighted by Gasteiger charge is -2.39. The largest absolute Gasteiger partial charge is 0.381 e. The molecule has 2 aliphatic rings. The molecule has 28 heavy (non-hydrogen) atoms. The number of benzene rings is 1. The Morgan fingerprint density at radius 2 is 1.96 bits per heavy atom. The number of methoxy groups -OCH3 is 1. The van der Waals surface area contributed by atoms with Crippen LogP contribution in [0.1, 0.15) is 30.9 Å². The summed E-state index contributed by atoms with van der Waals surface area (Å²) in [5, 5.41) is 6.08. The fourth-order valence-corrected chi connectivity index (χ4v) is 3.54. The van der Waals surface area contributed by atoms with Crippen LogP contribution >= 0.6 is 0 Å². The van der Waals surface area contributed by atoms with E-state index in [4.69, 9.17) is 14.2 Å². The van der Waals surface area contributed by atoms with Crippen molar-refractivity contribution in [1.29, 1.82) is 0 Å². The van der Waals surface area contributed by atoms with Gasteiger partial charge in [-0.2, -0.15) is 0 Å². The van der Waals surface area contributed by atoms with Crippen molar-refractivity contribution in [2.24, 2.45) is 0 Å². The summed E-state index contributed by atoms with van der Waals surface area (Å²) in [7, 11) is 1.52. The van der Waals surface area contributed by atoms with E-state index in [0.717, 1.165) is 5.56 Å². The summed E-state index contributed by atoms with van der Waals surface area (Å²) in [4.78, 5) is 25.4. The number of ether oxygens (including phenoxy) is 3. The predicted octanol–water partition coefficient (Wildman–Crippen LogP) is 1.50. The molecule has 1 fully saturated rings. The Morgan fingerprint density at radius 3 is 2.61 bits per heavy atom. The van der Waals surface area contributed by atoms with E-state index in [2.05, 4.69) is 10.6 Å². The maximum absolute atomic E-state index is 13.0. The van der Waals surface area contributed by atoms with Gasteiger partial charge in [-0.25, -0.2) is 0 Å². The van der Waals surface area contributed by atoms with Crippen LogP contribution in [0.4, 0.5) is 0 Å². The molecule has 7 heteroatoms. The van der Waals surface area contributed by atoms with Gasteiger partial charge in [0.25, 0.3) is 5.91 Å². The minimum Gasteiger partial charge on any atom is -0.381 e. The van der Waals surface area contributed by atoms with Crippen molar-refractivity contribution >= 4 is 11.8 Å². The molecule has 2 heterocycles. The molecule has 1 saturated heterocycles. The van der Waals surface area contributed by atoms with Crippen molar-refractivity contribution in [2.75, 3.05) is 33.5 Å². The molecule has 0 spiro atoms. The number of hydrogen-bond acceptors (Lipinski definition) is 5. The molecular weight excluding hydrogens is 360 g/mol. The van der Waals surface area contributed by atoms with E-state index < -0.39 is 17.7 Å². The van der Waals surface area contributed by atoms with Crippen LogP contribution in [0.25, 0.3) is 0 Å². The minimum absolute atomic E-state index is 0.157. The van der Waals surface area contributed by atoms with Crippen LogP contribution in [0, 0.1) is 0 Å². The average Bonchev–Trinajstić information content (AvgIpc) is 2.75. The van der Waals surface area contributed by atoms with E-state index in [0.29, 0.717) is 45.6 Å². The van der Waals surface area contributed by atoms with Gasteiger partial charge in [-0.3, -0.25) is 9.59 Å². The number of hydrogen-bond donors (Lipinski definition) is 2. The molecule has 2 atom stereocenters. The van der Waals surface area contributed by atoms with E-state index >= 15 is 0 Å². The van der Waals surface area contributed by atoms with Gasteiger partial charge < -0.3 is 24.8 Å². The van der Waals surface area contributed by atoms with Crippen LogP contribution in [0.5, 0.6) is 0 Å². The van der Waals surface area contributed by atoms with Crippen molar-refractivity contribution in [1.82, 2.24) is 10.6 Å². The van der Waals surface area contributed by atoms with Gasteiger partial charge in [0.2, 0.25) is 5.91 Å². The Hall–Kier alpha value is -2.22. The second kappa shape index (κ2) is 9.82. The normalized spacial score (nSPS) is 22.2. The fourth-order valence-electron chi connectivity index (χ4n) is 3.54. The zero-order chi connectivity index (χ0) is 19.8. The molecule has 0 saturated carbocycles. The monoisotopic (exact) mass is 388 g/mol. The Balaban J connectivity index is 1.65. The molecular formula is C21H28N2O5. The van der Waals surface area contributed by atoms with E-state index in [-0.39, 0.29) is 11.8 Å². The van der Waals surface area contributed by atoms with Crippen LogP contribution in [0.15, 0.2) is 42.5 Å². The Bertz CT molecular complexity index is 685. The number of carbonyl (C=O) groups is 2. The SMILES string of the molecule is CO[C@@H](C(=O)NC1(CNC(=O)C2CC=CCO2)CCOCC1)c1ccccc1. The van der Waals surface area contributed by atoms with Crippen LogP contribution in [0.2, 0.25) is 0 Å². The second-order valence-corrected chi connectivity index (χ2v) is 7.16. The quantitative estimate of drug-likeness (QED) is 0.692. The average molecular weight is 388 g/mol. The standard InChI is InChI=1S/C21H28N2O5/c1-26-18(16-7-3-2-4-8-16)20(25)23-21(10-13-27-14-11-21)15-22-19(24)17-9-5-6-12-28-17/h2-8,17-18H,9-15H2,1H3,(H,22,24)(H,23,25)/t17?,18-/m1/s1. The highest BCUT2D eigenvalue weighted by Crippen LogP contribution is 2.24. The van der Waals surface area contributed by atoms with Crippen LogP contribution in [0.3, 0.4) is 0 Å². The lowest BCUT2D eigenvalue weighted by Crippen LogP contribution is -2.60. The summed E-state index contributed by atoms with van der Waals surface area (Å²) in [5.74, 6) is -0.377. The smallest absolute Gasteiger partial charge is 0.254 e. The summed E-state index contributed by atoms with van der Waals surface area (Å²) in [6.45, 7) is 1.83. The fraction of sp³-hybridized carbons (Fsp3) is 0.524. The van der Waals surface area contributed by atoms with Crippen molar-refractivity contribution in [3.8, 4) is 0 Å². The molecule has 2 N–H and O–H groups in total. The predicted molar refractivity (Wildman–Crippen MR) is 104 cm³/mol. The number of nitrogens with one attached hydrogen (secondary N) is 2. The number of rotatable bonds is 7. The summed E-state index contributed by atoms with van der Waals surface area (Å²) in [5.41, 5.74) is 0.220. The van der Waals surface area contributed by atoms with E-state index in [1.54, 1.807) is 0 Å². The summed E-state index contributed by atoms with van der Waals surface area (Å²) in [6.07, 6.45) is 4.47. The van der Waals surface area contributed by atoms with Gasteiger partial charge in [0.05, 0.1) is 12.1 Å². The van der Waals surface area contributed by atoms with Gasteiger partial charge in [0, 0.05) is 33.3 Å². The molecule has 2 amide bonds. The zero-order valence-corrected chi connectivity index (χ0v) is 16.2. The maximum atomic E-state index is 13.0. The minimum atomic E-state index is -0.705. The first-order chi connectivity index (χ1) is 13.6. The highest BCUT2D eigenvalue weighted by molar-refractivity contribution is 5.83. The molecule has 7 nitrogen and oxygen atoms in total. The molecule has 1 aromatic rings. The van der Waals surface area contributed by atoms with Gasteiger partial charge in [-0.05, 0) is 18.4 Å². The van der Waals surface area contributed by atoms with Crippen molar-refractivity contribution < 1.29 is 23.8 Å². The molecule has 1 aromatic carbocycles. The van der Waals surface area contributed by atoms with Crippen LogP contribution in [-0.4, -0.2) is 56.9 Å². The second-order valence-electron chi connectivity index (χ2n) is 7.16. The maximum Gasteiger partial charge on any atom is 0.254 e. The van der Waals surface area contributed by atoms with Crippen molar-refractivity contribution in [3.63, 3.8) is 0 Å². The molecule has 0 aliphatic carbocycles. The third-order valence-electron chi connectivity index (χ3n) is 5.22. The lowest BCUT2D eigenvalue weighted by atomic mass is 9.89. The Morgan fingerprint density at radius 1 is 1.21 bits per heavy atom. The highest BCUT2D eigenvalue weighted by Gasteiger charge is 2.37. The molecule has 3 rings (SSSR count). The van der Waals surface area contributed by atoms with Gasteiger partial charge in [0.15, 0.2) is 6.10 Å². The molecule has 0 radical (unpaired) electrons. The third kappa shape index (κ3) is 5.19. The van der Waals surface area contributed by atoms with Crippen LogP contribution in [-0.2, 0) is 23.8 Å². The zero-order valence-electron chi connectivity index (χ0n) is 16.2. The highest BCUT2D eigenvalue weighted by atomic mass is 16.5.